The summed E-state index contributed by atoms with van der Waals surface area (Å²) in [5, 5.41) is 7.63. The smallest absolute Gasteiger partial charge is 0.224 e. The number of aryl methyl sites for hydroxylation is 1. The molecule has 2 aromatic carbocycles. The van der Waals surface area contributed by atoms with Crippen LogP contribution in [0.2, 0.25) is 5.02 Å². The lowest BCUT2D eigenvalue weighted by molar-refractivity contribution is -0.116. The first kappa shape index (κ1) is 18.4. The standard InChI is InChI=1S/C21H20ClN3O3/c22-17-11-19-20(28-10-4-9-27-19)12-18(17)24-21(26)8-7-15-13-23-25(14-15)16-5-2-1-3-6-16/h1-3,5-6,11-14H,4,7-10H2,(H,24,26). The van der Waals surface area contributed by atoms with E-state index in [0.29, 0.717) is 48.3 Å². The predicted octanol–water partition coefficient (Wildman–Crippen LogP) is 4.26. The maximum Gasteiger partial charge on any atom is 0.224 e. The molecule has 3 aromatic rings. The molecule has 0 aliphatic carbocycles. The van der Waals surface area contributed by atoms with Crippen LogP contribution >= 0.6 is 11.6 Å². The van der Waals surface area contributed by atoms with E-state index in [0.717, 1.165) is 17.7 Å². The van der Waals surface area contributed by atoms with E-state index >= 15 is 0 Å². The minimum atomic E-state index is -0.121. The summed E-state index contributed by atoms with van der Waals surface area (Å²) < 4.78 is 13.1. The number of aromatic nitrogens is 2. The average Bonchev–Trinajstić information content (AvgIpc) is 3.07. The zero-order valence-corrected chi connectivity index (χ0v) is 16.0. The van der Waals surface area contributed by atoms with Crippen molar-refractivity contribution >= 4 is 23.2 Å². The Morgan fingerprint density at radius 2 is 1.89 bits per heavy atom. The van der Waals surface area contributed by atoms with Gasteiger partial charge in [0.15, 0.2) is 11.5 Å². The van der Waals surface area contributed by atoms with Crippen molar-refractivity contribution in [2.75, 3.05) is 18.5 Å². The maximum absolute atomic E-state index is 12.4. The molecular weight excluding hydrogens is 378 g/mol. The molecule has 0 fully saturated rings. The molecule has 144 valence electrons. The van der Waals surface area contributed by atoms with Gasteiger partial charge in [0.25, 0.3) is 0 Å². The van der Waals surface area contributed by atoms with Gasteiger partial charge in [0.2, 0.25) is 5.91 Å². The Bertz CT molecular complexity index is 972. The summed E-state index contributed by atoms with van der Waals surface area (Å²) in [7, 11) is 0. The number of ether oxygens (including phenoxy) is 2. The van der Waals surface area contributed by atoms with Gasteiger partial charge in [-0.3, -0.25) is 4.79 Å². The number of hydrogen-bond acceptors (Lipinski definition) is 4. The fraction of sp³-hybridized carbons (Fsp3) is 0.238. The summed E-state index contributed by atoms with van der Waals surface area (Å²) in [4.78, 5) is 12.4. The number of fused-ring (bicyclic) bond motifs is 1. The van der Waals surface area contributed by atoms with E-state index in [4.69, 9.17) is 21.1 Å². The minimum absolute atomic E-state index is 0.121. The Balaban J connectivity index is 1.37. The summed E-state index contributed by atoms with van der Waals surface area (Å²) in [5.41, 5.74) is 2.50. The van der Waals surface area contributed by atoms with Crippen LogP contribution < -0.4 is 14.8 Å². The number of rotatable bonds is 5. The van der Waals surface area contributed by atoms with Crippen LogP contribution in [0.3, 0.4) is 0 Å². The predicted molar refractivity (Wildman–Crippen MR) is 108 cm³/mol. The zero-order valence-electron chi connectivity index (χ0n) is 15.2. The third kappa shape index (κ3) is 4.28. The Morgan fingerprint density at radius 3 is 2.68 bits per heavy atom. The largest absolute Gasteiger partial charge is 0.490 e. The van der Waals surface area contributed by atoms with E-state index in [1.165, 1.54) is 0 Å². The van der Waals surface area contributed by atoms with E-state index in [1.54, 1.807) is 23.0 Å². The molecule has 1 aromatic heterocycles. The van der Waals surface area contributed by atoms with E-state index < -0.39 is 0 Å². The van der Waals surface area contributed by atoms with Crippen LogP contribution in [-0.4, -0.2) is 28.9 Å². The zero-order chi connectivity index (χ0) is 19.3. The molecule has 7 heteroatoms. The number of carbonyl (C=O) groups is 1. The maximum atomic E-state index is 12.4. The SMILES string of the molecule is O=C(CCc1cnn(-c2ccccc2)c1)Nc1cc2c(cc1Cl)OCCCO2. The van der Waals surface area contributed by atoms with Crippen molar-refractivity contribution in [3.63, 3.8) is 0 Å². The van der Waals surface area contributed by atoms with E-state index in [-0.39, 0.29) is 5.91 Å². The molecule has 1 N–H and O–H groups in total. The lowest BCUT2D eigenvalue weighted by Crippen LogP contribution is -2.12. The van der Waals surface area contributed by atoms with Crippen LogP contribution in [0.25, 0.3) is 5.69 Å². The molecule has 0 saturated carbocycles. The van der Waals surface area contributed by atoms with Gasteiger partial charge in [0.05, 0.1) is 35.8 Å². The molecule has 0 unspecified atom stereocenters. The van der Waals surface area contributed by atoms with Crippen molar-refractivity contribution in [2.45, 2.75) is 19.3 Å². The van der Waals surface area contributed by atoms with Gasteiger partial charge >= 0.3 is 0 Å². The van der Waals surface area contributed by atoms with Crippen LogP contribution in [0.1, 0.15) is 18.4 Å². The number of anilines is 1. The highest BCUT2D eigenvalue weighted by molar-refractivity contribution is 6.34. The van der Waals surface area contributed by atoms with Gasteiger partial charge in [0, 0.05) is 31.2 Å². The minimum Gasteiger partial charge on any atom is -0.490 e. The molecule has 6 nitrogen and oxygen atoms in total. The van der Waals surface area contributed by atoms with Crippen LogP contribution in [0.15, 0.2) is 54.9 Å². The second-order valence-electron chi connectivity index (χ2n) is 6.51. The summed E-state index contributed by atoms with van der Waals surface area (Å²) in [6.07, 6.45) is 5.43. The molecule has 0 radical (unpaired) electrons. The number of hydrogen-bond donors (Lipinski definition) is 1. The van der Waals surface area contributed by atoms with Gasteiger partial charge in [-0.15, -0.1) is 0 Å². The monoisotopic (exact) mass is 397 g/mol. The van der Waals surface area contributed by atoms with Crippen LogP contribution in [-0.2, 0) is 11.2 Å². The van der Waals surface area contributed by atoms with Crippen molar-refractivity contribution < 1.29 is 14.3 Å². The Hall–Kier alpha value is -2.99. The van der Waals surface area contributed by atoms with Gasteiger partial charge in [-0.1, -0.05) is 29.8 Å². The number of nitrogens with one attached hydrogen (secondary N) is 1. The Labute approximate surface area is 168 Å². The van der Waals surface area contributed by atoms with E-state index in [9.17, 15) is 4.79 Å². The number of nitrogens with zero attached hydrogens (tertiary/aromatic N) is 2. The quantitative estimate of drug-likeness (QED) is 0.698. The second-order valence-corrected chi connectivity index (χ2v) is 6.91. The van der Waals surface area contributed by atoms with Gasteiger partial charge in [0.1, 0.15) is 0 Å². The van der Waals surface area contributed by atoms with Crippen molar-refractivity contribution in [3.8, 4) is 17.2 Å². The fourth-order valence-corrected chi connectivity index (χ4v) is 3.16. The Morgan fingerprint density at radius 1 is 1.14 bits per heavy atom. The lowest BCUT2D eigenvalue weighted by atomic mass is 10.2. The highest BCUT2D eigenvalue weighted by Gasteiger charge is 2.15. The third-order valence-electron chi connectivity index (χ3n) is 4.41. The summed E-state index contributed by atoms with van der Waals surface area (Å²) in [5.74, 6) is 1.08. The molecule has 28 heavy (non-hydrogen) atoms. The topological polar surface area (TPSA) is 65.4 Å². The summed E-state index contributed by atoms with van der Waals surface area (Å²) >= 11 is 6.28. The number of benzene rings is 2. The first-order chi connectivity index (χ1) is 13.7. The first-order valence-corrected chi connectivity index (χ1v) is 9.55. The Kier molecular flexibility index (Phi) is 5.48. The lowest BCUT2D eigenvalue weighted by Gasteiger charge is -2.12. The van der Waals surface area contributed by atoms with Gasteiger partial charge in [-0.05, 0) is 24.1 Å². The van der Waals surface area contributed by atoms with Crippen molar-refractivity contribution in [2.24, 2.45) is 0 Å². The molecule has 1 aliphatic rings. The van der Waals surface area contributed by atoms with Crippen LogP contribution in [0.5, 0.6) is 11.5 Å². The molecule has 4 rings (SSSR count). The van der Waals surface area contributed by atoms with Crippen molar-refractivity contribution in [1.29, 1.82) is 0 Å². The van der Waals surface area contributed by atoms with Crippen LogP contribution in [0, 0.1) is 0 Å². The van der Waals surface area contributed by atoms with Crippen molar-refractivity contribution in [1.82, 2.24) is 9.78 Å². The molecular formula is C21H20ClN3O3. The number of carbonyl (C=O) groups excluding carboxylic acids is 1. The molecule has 0 spiro atoms. The molecule has 0 atom stereocenters. The molecule has 1 aliphatic heterocycles. The van der Waals surface area contributed by atoms with Crippen molar-refractivity contribution in [3.05, 3.63) is 65.4 Å². The molecule has 1 amide bonds. The van der Waals surface area contributed by atoms with E-state index in [2.05, 4.69) is 10.4 Å². The average molecular weight is 398 g/mol. The molecule has 2 heterocycles. The summed E-state index contributed by atoms with van der Waals surface area (Å²) in [6.45, 7) is 1.17. The van der Waals surface area contributed by atoms with Gasteiger partial charge in [-0.25, -0.2) is 4.68 Å². The second kappa shape index (κ2) is 8.35. The third-order valence-corrected chi connectivity index (χ3v) is 4.72. The first-order valence-electron chi connectivity index (χ1n) is 9.17. The number of amides is 1. The molecule has 0 saturated heterocycles. The highest BCUT2D eigenvalue weighted by atomic mass is 35.5. The van der Waals surface area contributed by atoms with Crippen LogP contribution in [0.4, 0.5) is 5.69 Å². The number of halogens is 1. The number of para-hydroxylation sites is 1. The fourth-order valence-electron chi connectivity index (χ4n) is 2.96. The summed E-state index contributed by atoms with van der Waals surface area (Å²) in [6, 6.07) is 13.2. The molecule has 0 bridgehead atoms. The highest BCUT2D eigenvalue weighted by Crippen LogP contribution is 2.37. The van der Waals surface area contributed by atoms with Gasteiger partial charge in [-0.2, -0.15) is 5.10 Å². The normalized spacial score (nSPS) is 13.0. The van der Waals surface area contributed by atoms with E-state index in [1.807, 2.05) is 36.5 Å². The van der Waals surface area contributed by atoms with Gasteiger partial charge < -0.3 is 14.8 Å².